The predicted octanol–water partition coefficient (Wildman–Crippen LogP) is 4.17. The fourth-order valence-corrected chi connectivity index (χ4v) is 3.89. The zero-order valence-corrected chi connectivity index (χ0v) is 17.1. The number of benzene rings is 1. The van der Waals surface area contributed by atoms with Gasteiger partial charge in [0, 0.05) is 41.7 Å². The third kappa shape index (κ3) is 5.02. The quantitative estimate of drug-likeness (QED) is 0.695. The molecule has 1 aliphatic rings. The normalized spacial score (nSPS) is 15.3. The summed E-state index contributed by atoms with van der Waals surface area (Å²) in [7, 11) is 0. The highest BCUT2D eigenvalue weighted by atomic mass is 16.5. The molecule has 28 heavy (non-hydrogen) atoms. The van der Waals surface area contributed by atoms with E-state index in [4.69, 9.17) is 4.74 Å². The van der Waals surface area contributed by atoms with Crippen molar-refractivity contribution in [2.75, 3.05) is 19.7 Å². The van der Waals surface area contributed by atoms with E-state index in [1.165, 1.54) is 0 Å². The lowest BCUT2D eigenvalue weighted by atomic mass is 9.97. The molecule has 2 heterocycles. The maximum Gasteiger partial charge on any atom is 0.222 e. The van der Waals surface area contributed by atoms with E-state index in [0.29, 0.717) is 31.5 Å². The number of rotatable bonds is 8. The molecule has 0 atom stereocenters. The van der Waals surface area contributed by atoms with Gasteiger partial charge in [0.15, 0.2) is 5.43 Å². The molecular weight excluding hydrogens is 352 g/mol. The Morgan fingerprint density at radius 1 is 1.21 bits per heavy atom. The summed E-state index contributed by atoms with van der Waals surface area (Å²) in [5, 5.41) is 0.722. The van der Waals surface area contributed by atoms with Gasteiger partial charge in [0.25, 0.3) is 0 Å². The fourth-order valence-electron chi connectivity index (χ4n) is 3.89. The van der Waals surface area contributed by atoms with Gasteiger partial charge in [-0.3, -0.25) is 9.59 Å². The molecule has 2 aromatic rings. The lowest BCUT2D eigenvalue weighted by Crippen LogP contribution is -2.39. The number of para-hydroxylation sites is 1. The number of hydrogen-bond acceptors (Lipinski definition) is 3. The standard InChI is InChI=1S/C23H32N2O3/c1-3-4-5-10-22(26)25-13-11-18(12-14-25)15-28-16-21-17(2)23(27)19-8-6-7-9-20(19)24-21/h6-9,18H,3-5,10-16H2,1-2H3,(H,24,27). The lowest BCUT2D eigenvalue weighted by Gasteiger charge is -2.32. The monoisotopic (exact) mass is 384 g/mol. The summed E-state index contributed by atoms with van der Waals surface area (Å²) in [6.07, 6.45) is 5.95. The Morgan fingerprint density at radius 3 is 2.71 bits per heavy atom. The van der Waals surface area contributed by atoms with Gasteiger partial charge < -0.3 is 14.6 Å². The molecule has 1 aliphatic heterocycles. The summed E-state index contributed by atoms with van der Waals surface area (Å²) < 4.78 is 5.95. The zero-order chi connectivity index (χ0) is 19.9. The second-order valence-corrected chi connectivity index (χ2v) is 7.90. The van der Waals surface area contributed by atoms with Crippen molar-refractivity contribution in [3.05, 3.63) is 45.7 Å². The van der Waals surface area contributed by atoms with Gasteiger partial charge in [0.05, 0.1) is 13.2 Å². The van der Waals surface area contributed by atoms with Crippen molar-refractivity contribution in [3.63, 3.8) is 0 Å². The first kappa shape index (κ1) is 20.6. The molecule has 0 bridgehead atoms. The maximum absolute atomic E-state index is 12.5. The molecular formula is C23H32N2O3. The highest BCUT2D eigenvalue weighted by Gasteiger charge is 2.22. The smallest absolute Gasteiger partial charge is 0.222 e. The molecule has 5 heteroatoms. The van der Waals surface area contributed by atoms with E-state index < -0.39 is 0 Å². The SMILES string of the molecule is CCCCCC(=O)N1CCC(COCc2[nH]c3ccccc3c(=O)c2C)CC1. The van der Waals surface area contributed by atoms with Crippen LogP contribution in [0.1, 0.15) is 56.7 Å². The first-order chi connectivity index (χ1) is 13.6. The number of nitrogens with zero attached hydrogens (tertiary/aromatic N) is 1. The number of aromatic amines is 1. The third-order valence-corrected chi connectivity index (χ3v) is 5.81. The van der Waals surface area contributed by atoms with Gasteiger partial charge >= 0.3 is 0 Å². The highest BCUT2D eigenvalue weighted by molar-refractivity contribution is 5.79. The van der Waals surface area contributed by atoms with Crippen molar-refractivity contribution in [3.8, 4) is 0 Å². The van der Waals surface area contributed by atoms with Crippen LogP contribution in [0.15, 0.2) is 29.1 Å². The largest absolute Gasteiger partial charge is 0.375 e. The minimum absolute atomic E-state index is 0.0721. The number of hydrogen-bond donors (Lipinski definition) is 1. The molecule has 1 N–H and O–H groups in total. The van der Waals surface area contributed by atoms with Crippen molar-refractivity contribution in [2.45, 2.75) is 59.0 Å². The fraction of sp³-hybridized carbons (Fsp3) is 0.565. The number of nitrogens with one attached hydrogen (secondary N) is 1. The predicted molar refractivity (Wildman–Crippen MR) is 112 cm³/mol. The maximum atomic E-state index is 12.5. The second kappa shape index (κ2) is 9.87. The van der Waals surface area contributed by atoms with E-state index in [1.54, 1.807) is 0 Å². The van der Waals surface area contributed by atoms with Gasteiger partial charge in [-0.25, -0.2) is 0 Å². The Hall–Kier alpha value is -2.14. The van der Waals surface area contributed by atoms with Crippen LogP contribution in [0.25, 0.3) is 10.9 Å². The number of likely N-dealkylation sites (tertiary alicyclic amines) is 1. The zero-order valence-electron chi connectivity index (χ0n) is 17.1. The Kier molecular flexibility index (Phi) is 7.26. The highest BCUT2D eigenvalue weighted by Crippen LogP contribution is 2.20. The number of unbranched alkanes of at least 4 members (excludes halogenated alkanes) is 2. The number of piperidine rings is 1. The van der Waals surface area contributed by atoms with Crippen LogP contribution in [-0.4, -0.2) is 35.5 Å². The molecule has 1 amide bonds. The van der Waals surface area contributed by atoms with Crippen LogP contribution in [0, 0.1) is 12.8 Å². The lowest BCUT2D eigenvalue weighted by molar-refractivity contribution is -0.133. The molecule has 0 radical (unpaired) electrons. The van der Waals surface area contributed by atoms with Gasteiger partial charge in [-0.05, 0) is 44.2 Å². The first-order valence-corrected chi connectivity index (χ1v) is 10.6. The van der Waals surface area contributed by atoms with Crippen LogP contribution >= 0.6 is 0 Å². The summed E-state index contributed by atoms with van der Waals surface area (Å²) in [4.78, 5) is 30.1. The molecule has 0 spiro atoms. The minimum Gasteiger partial charge on any atom is -0.375 e. The van der Waals surface area contributed by atoms with Crippen LogP contribution < -0.4 is 5.43 Å². The van der Waals surface area contributed by atoms with E-state index in [1.807, 2.05) is 36.1 Å². The Labute approximate surface area is 167 Å². The van der Waals surface area contributed by atoms with Crippen LogP contribution in [0.5, 0.6) is 0 Å². The van der Waals surface area contributed by atoms with Gasteiger partial charge in [-0.1, -0.05) is 31.9 Å². The van der Waals surface area contributed by atoms with E-state index in [0.717, 1.165) is 67.4 Å². The summed E-state index contributed by atoms with van der Waals surface area (Å²) in [6, 6.07) is 7.58. The molecule has 1 aromatic heterocycles. The molecule has 3 rings (SSSR count). The van der Waals surface area contributed by atoms with Crippen molar-refractivity contribution in [1.82, 2.24) is 9.88 Å². The van der Waals surface area contributed by atoms with Gasteiger partial charge in [0.2, 0.25) is 5.91 Å². The number of carbonyl (C=O) groups is 1. The Bertz CT molecular complexity index is 851. The van der Waals surface area contributed by atoms with Crippen LogP contribution in [-0.2, 0) is 16.1 Å². The number of pyridine rings is 1. The third-order valence-electron chi connectivity index (χ3n) is 5.81. The van der Waals surface area contributed by atoms with E-state index in [-0.39, 0.29) is 5.43 Å². The number of amides is 1. The van der Waals surface area contributed by atoms with Crippen molar-refractivity contribution >= 4 is 16.8 Å². The van der Waals surface area contributed by atoms with Crippen molar-refractivity contribution < 1.29 is 9.53 Å². The van der Waals surface area contributed by atoms with Crippen LogP contribution in [0.2, 0.25) is 0 Å². The number of fused-ring (bicyclic) bond motifs is 1. The minimum atomic E-state index is 0.0721. The molecule has 0 saturated carbocycles. The molecule has 1 fully saturated rings. The van der Waals surface area contributed by atoms with Gasteiger partial charge in [0.1, 0.15) is 0 Å². The van der Waals surface area contributed by atoms with E-state index in [2.05, 4.69) is 11.9 Å². The summed E-state index contributed by atoms with van der Waals surface area (Å²) >= 11 is 0. The van der Waals surface area contributed by atoms with Crippen molar-refractivity contribution in [2.24, 2.45) is 5.92 Å². The number of carbonyl (C=O) groups excluding carboxylic acids is 1. The summed E-state index contributed by atoms with van der Waals surface area (Å²) in [5.74, 6) is 0.782. The first-order valence-electron chi connectivity index (χ1n) is 10.6. The van der Waals surface area contributed by atoms with Gasteiger partial charge in [-0.2, -0.15) is 0 Å². The van der Waals surface area contributed by atoms with E-state index in [9.17, 15) is 9.59 Å². The molecule has 5 nitrogen and oxygen atoms in total. The average Bonchev–Trinajstić information content (AvgIpc) is 2.72. The molecule has 1 saturated heterocycles. The Balaban J connectivity index is 1.46. The summed E-state index contributed by atoms with van der Waals surface area (Å²) in [6.45, 7) is 6.78. The Morgan fingerprint density at radius 2 is 1.96 bits per heavy atom. The average molecular weight is 385 g/mol. The number of aromatic nitrogens is 1. The van der Waals surface area contributed by atoms with Crippen molar-refractivity contribution in [1.29, 1.82) is 0 Å². The van der Waals surface area contributed by atoms with Crippen LogP contribution in [0.3, 0.4) is 0 Å². The van der Waals surface area contributed by atoms with Crippen LogP contribution in [0.4, 0.5) is 0 Å². The van der Waals surface area contributed by atoms with E-state index >= 15 is 0 Å². The molecule has 1 aromatic carbocycles. The van der Waals surface area contributed by atoms with Gasteiger partial charge in [-0.15, -0.1) is 0 Å². The summed E-state index contributed by atoms with van der Waals surface area (Å²) in [5.41, 5.74) is 2.51. The second-order valence-electron chi connectivity index (χ2n) is 7.90. The molecule has 0 unspecified atom stereocenters. The molecule has 152 valence electrons. The topological polar surface area (TPSA) is 62.4 Å². The number of H-pyrrole nitrogens is 1. The molecule has 0 aliphatic carbocycles. The number of ether oxygens (including phenoxy) is 1.